The molecule has 0 nitrogen and oxygen atoms in total. The molecule has 0 saturated carbocycles. The van der Waals surface area contributed by atoms with Gasteiger partial charge in [0.25, 0.3) is 0 Å². The van der Waals surface area contributed by atoms with E-state index in [4.69, 9.17) is 0 Å². The van der Waals surface area contributed by atoms with Crippen molar-refractivity contribution in [2.45, 2.75) is 13.3 Å². The average molecular weight is 529 g/mol. The molecular formula is C39H28S. The number of thiophene rings is 1. The zero-order valence-corrected chi connectivity index (χ0v) is 23.2. The van der Waals surface area contributed by atoms with E-state index in [1.54, 1.807) is 0 Å². The van der Waals surface area contributed by atoms with Crippen molar-refractivity contribution >= 4 is 49.0 Å². The molecule has 0 bridgehead atoms. The van der Waals surface area contributed by atoms with Gasteiger partial charge in [0, 0.05) is 15.0 Å². The van der Waals surface area contributed by atoms with Crippen LogP contribution in [0.5, 0.6) is 0 Å². The Morgan fingerprint density at radius 1 is 0.550 bits per heavy atom. The van der Waals surface area contributed by atoms with Crippen LogP contribution in [0.25, 0.3) is 71.1 Å². The molecule has 40 heavy (non-hydrogen) atoms. The number of hydrogen-bond acceptors (Lipinski definition) is 1. The molecule has 0 saturated heterocycles. The Hall–Kier alpha value is -4.46. The molecule has 1 atom stereocenters. The van der Waals surface area contributed by atoms with Crippen molar-refractivity contribution in [2.75, 3.05) is 0 Å². The fraction of sp³-hybridized carbons (Fsp3) is 0.0769. The molecule has 1 aliphatic rings. The number of fused-ring (bicyclic) bond motifs is 6. The number of hydrogen-bond donors (Lipinski definition) is 0. The Morgan fingerprint density at radius 3 is 1.98 bits per heavy atom. The first-order valence-corrected chi connectivity index (χ1v) is 14.9. The van der Waals surface area contributed by atoms with Gasteiger partial charge in [-0.1, -0.05) is 122 Å². The van der Waals surface area contributed by atoms with Crippen LogP contribution < -0.4 is 0 Å². The van der Waals surface area contributed by atoms with Crippen molar-refractivity contribution in [3.05, 3.63) is 138 Å². The molecule has 7 aromatic rings. The van der Waals surface area contributed by atoms with Gasteiger partial charge in [-0.15, -0.1) is 11.3 Å². The van der Waals surface area contributed by atoms with Crippen LogP contribution in [0.3, 0.4) is 0 Å². The second-order valence-corrected chi connectivity index (χ2v) is 12.1. The van der Waals surface area contributed by atoms with E-state index in [1.165, 1.54) is 75.5 Å². The third-order valence-electron chi connectivity index (χ3n) is 8.38. The van der Waals surface area contributed by atoms with E-state index in [0.717, 1.165) is 6.42 Å². The van der Waals surface area contributed by atoms with Gasteiger partial charge in [0.15, 0.2) is 0 Å². The van der Waals surface area contributed by atoms with Crippen molar-refractivity contribution in [2.24, 2.45) is 5.92 Å². The lowest BCUT2D eigenvalue weighted by molar-refractivity contribution is 0.728. The largest absolute Gasteiger partial charge is 0.139 e. The van der Waals surface area contributed by atoms with Crippen LogP contribution in [0.2, 0.25) is 0 Å². The predicted molar refractivity (Wildman–Crippen MR) is 175 cm³/mol. The van der Waals surface area contributed by atoms with Crippen LogP contribution in [0.15, 0.2) is 127 Å². The third-order valence-corrected chi connectivity index (χ3v) is 9.66. The van der Waals surface area contributed by atoms with E-state index in [0.29, 0.717) is 5.92 Å². The molecule has 8 rings (SSSR count). The first-order valence-electron chi connectivity index (χ1n) is 14.1. The summed E-state index contributed by atoms with van der Waals surface area (Å²) in [7, 11) is 0. The fourth-order valence-electron chi connectivity index (χ4n) is 6.40. The third kappa shape index (κ3) is 3.81. The van der Waals surface area contributed by atoms with Crippen molar-refractivity contribution < 1.29 is 0 Å². The fourth-order valence-corrected chi connectivity index (χ4v) is 7.86. The monoisotopic (exact) mass is 528 g/mol. The molecule has 0 amide bonds. The van der Waals surface area contributed by atoms with Crippen LogP contribution in [0.1, 0.15) is 17.4 Å². The summed E-state index contributed by atoms with van der Waals surface area (Å²) >= 11 is 1.98. The van der Waals surface area contributed by atoms with Gasteiger partial charge in [-0.05, 0) is 91.0 Å². The molecule has 1 unspecified atom stereocenters. The van der Waals surface area contributed by atoms with E-state index in [2.05, 4.69) is 140 Å². The van der Waals surface area contributed by atoms with Crippen molar-refractivity contribution in [1.29, 1.82) is 0 Å². The molecule has 1 aliphatic carbocycles. The Morgan fingerprint density at radius 2 is 1.18 bits per heavy atom. The summed E-state index contributed by atoms with van der Waals surface area (Å²) in [6, 6.07) is 44.7. The number of allylic oxidation sites excluding steroid dienone is 1. The molecule has 1 heteroatoms. The Labute approximate surface area is 238 Å². The summed E-state index contributed by atoms with van der Waals surface area (Å²) in [6.07, 6.45) is 5.83. The molecule has 0 fully saturated rings. The summed E-state index contributed by atoms with van der Waals surface area (Å²) in [5, 5.41) is 6.57. The average Bonchev–Trinajstić information content (AvgIpc) is 3.38. The van der Waals surface area contributed by atoms with Gasteiger partial charge in [-0.2, -0.15) is 0 Å². The highest BCUT2D eigenvalue weighted by Crippen LogP contribution is 2.42. The second kappa shape index (κ2) is 9.33. The van der Waals surface area contributed by atoms with Gasteiger partial charge in [-0.3, -0.25) is 0 Å². The maximum absolute atomic E-state index is 2.36. The summed E-state index contributed by atoms with van der Waals surface area (Å²) < 4.78 is 1.40. The lowest BCUT2D eigenvalue weighted by atomic mass is 9.91. The minimum absolute atomic E-state index is 0.611. The standard InChI is InChI=1S/C39H28S/c1-25-19-20-35-36-18-8-17-32(39(36)40-38(35)21-25)28-12-6-10-26(22-28)27-11-7-13-29(23-27)37-24-30-9-2-3-14-31(30)33-15-4-5-16-34(33)37/h2-20,22-25H,21H2,1H3. The molecule has 1 aromatic heterocycles. The van der Waals surface area contributed by atoms with Gasteiger partial charge in [-0.25, -0.2) is 0 Å². The van der Waals surface area contributed by atoms with Crippen molar-refractivity contribution in [1.82, 2.24) is 0 Å². The van der Waals surface area contributed by atoms with Crippen LogP contribution in [-0.4, -0.2) is 0 Å². The van der Waals surface area contributed by atoms with Crippen LogP contribution in [0, 0.1) is 5.92 Å². The molecule has 0 spiro atoms. The van der Waals surface area contributed by atoms with E-state index in [-0.39, 0.29) is 0 Å². The molecular weight excluding hydrogens is 500 g/mol. The Balaban J connectivity index is 1.25. The molecule has 190 valence electrons. The first kappa shape index (κ1) is 23.4. The SMILES string of the molecule is CC1C=Cc2c(sc3c(-c4cccc(-c5cccc(-c6cc7ccccc7c7ccccc67)c5)c4)cccc23)C1. The van der Waals surface area contributed by atoms with E-state index >= 15 is 0 Å². The van der Waals surface area contributed by atoms with E-state index < -0.39 is 0 Å². The van der Waals surface area contributed by atoms with Crippen LogP contribution in [0.4, 0.5) is 0 Å². The summed E-state index contributed by atoms with van der Waals surface area (Å²) in [6.45, 7) is 2.31. The van der Waals surface area contributed by atoms with Gasteiger partial charge in [0.05, 0.1) is 0 Å². The maximum Gasteiger partial charge on any atom is 0.0430 e. The normalized spacial score (nSPS) is 14.7. The number of rotatable bonds is 3. The van der Waals surface area contributed by atoms with E-state index in [9.17, 15) is 0 Å². The highest BCUT2D eigenvalue weighted by Gasteiger charge is 2.18. The summed E-state index contributed by atoms with van der Waals surface area (Å²) in [5.41, 5.74) is 9.05. The van der Waals surface area contributed by atoms with Crippen molar-refractivity contribution in [3.63, 3.8) is 0 Å². The smallest absolute Gasteiger partial charge is 0.0430 e. The van der Waals surface area contributed by atoms with Crippen molar-refractivity contribution in [3.8, 4) is 33.4 Å². The minimum Gasteiger partial charge on any atom is -0.139 e. The zero-order chi connectivity index (χ0) is 26.6. The van der Waals surface area contributed by atoms with Gasteiger partial charge >= 0.3 is 0 Å². The zero-order valence-electron chi connectivity index (χ0n) is 22.4. The first-order chi connectivity index (χ1) is 19.7. The molecule has 0 N–H and O–H groups in total. The molecule has 1 heterocycles. The summed E-state index contributed by atoms with van der Waals surface area (Å²) in [4.78, 5) is 1.52. The second-order valence-electron chi connectivity index (χ2n) is 11.0. The Kier molecular flexibility index (Phi) is 5.46. The lowest BCUT2D eigenvalue weighted by Gasteiger charge is -2.13. The van der Waals surface area contributed by atoms with Crippen LogP contribution in [-0.2, 0) is 6.42 Å². The highest BCUT2D eigenvalue weighted by atomic mass is 32.1. The summed E-state index contributed by atoms with van der Waals surface area (Å²) in [5.74, 6) is 0.611. The van der Waals surface area contributed by atoms with Gasteiger partial charge < -0.3 is 0 Å². The van der Waals surface area contributed by atoms with Crippen LogP contribution >= 0.6 is 11.3 Å². The molecule has 6 aromatic carbocycles. The Bertz CT molecular complexity index is 2110. The molecule has 0 radical (unpaired) electrons. The molecule has 0 aliphatic heterocycles. The van der Waals surface area contributed by atoms with E-state index in [1.807, 2.05) is 11.3 Å². The number of benzene rings is 6. The maximum atomic E-state index is 2.36. The van der Waals surface area contributed by atoms with Gasteiger partial charge in [0.1, 0.15) is 0 Å². The topological polar surface area (TPSA) is 0 Å². The lowest BCUT2D eigenvalue weighted by Crippen LogP contribution is -1.99. The quantitative estimate of drug-likeness (QED) is 0.200. The predicted octanol–water partition coefficient (Wildman–Crippen LogP) is 11.4. The van der Waals surface area contributed by atoms with Gasteiger partial charge in [0.2, 0.25) is 0 Å². The highest BCUT2D eigenvalue weighted by molar-refractivity contribution is 7.20. The minimum atomic E-state index is 0.611.